The summed E-state index contributed by atoms with van der Waals surface area (Å²) in [6.07, 6.45) is 0.354. The first-order chi connectivity index (χ1) is 2.41. The van der Waals surface area contributed by atoms with Crippen LogP contribution >= 0.6 is 0 Å². The number of aliphatic hydroxyl groups excluding tert-OH is 2. The Balaban J connectivity index is 2.19. The Bertz CT molecular complexity index is 15.1. The summed E-state index contributed by atoms with van der Waals surface area (Å²) < 4.78 is 0. The Morgan fingerprint density at radius 2 is 1.60 bits per heavy atom. The van der Waals surface area contributed by atoms with Crippen molar-refractivity contribution in [3.8, 4) is 0 Å². The molecule has 0 aliphatic carbocycles. The molecule has 31 valence electrons. The highest BCUT2D eigenvalue weighted by Gasteiger charge is 1.73. The minimum atomic E-state index is -0.0741. The zero-order valence-electron chi connectivity index (χ0n) is 2.89. The Hall–Kier alpha value is 0.137. The summed E-state index contributed by atoms with van der Waals surface area (Å²) >= 11 is 0. The van der Waals surface area contributed by atoms with E-state index in [2.05, 4.69) is 0 Å². The van der Waals surface area contributed by atoms with Gasteiger partial charge in [0.15, 0.2) is 0 Å². The molecule has 5 heavy (non-hydrogen) atoms. The Kier molecular flexibility index (Phi) is 4.25. The number of hydrogen-bond acceptors (Lipinski definition) is 2. The number of rotatable bonds is 2. The molecular weight excluding hydrogens is 84.1 g/mol. The third-order valence-corrected chi connectivity index (χ3v) is 0.775. The van der Waals surface area contributed by atoms with Crippen molar-refractivity contribution in [1.82, 2.24) is 0 Å². The lowest BCUT2D eigenvalue weighted by molar-refractivity contribution is 0.336. The van der Waals surface area contributed by atoms with Gasteiger partial charge >= 0.3 is 0 Å². The van der Waals surface area contributed by atoms with E-state index in [0.717, 1.165) is 0 Å². The fourth-order valence-corrected chi connectivity index (χ4v) is 0.173. The molecule has 0 saturated heterocycles. The van der Waals surface area contributed by atoms with Gasteiger partial charge in [0.05, 0.1) is 9.52 Å². The Labute approximate surface area is 33.3 Å². The molecule has 0 aromatic carbocycles. The van der Waals surface area contributed by atoms with E-state index in [1.165, 1.54) is 0 Å². The fraction of sp³-hybridized carbons (Fsp3) is 1.00. The van der Waals surface area contributed by atoms with E-state index in [1.54, 1.807) is 0 Å². The molecule has 2 N–H and O–H groups in total. The van der Waals surface area contributed by atoms with Gasteiger partial charge in [0, 0.05) is 12.5 Å². The molecule has 3 heteroatoms. The van der Waals surface area contributed by atoms with Crippen molar-refractivity contribution in [1.29, 1.82) is 0 Å². The average Bonchev–Trinajstić information content (AvgIpc) is 1.41. The maximum Gasteiger partial charge on any atom is 0.0933 e. The summed E-state index contributed by atoms with van der Waals surface area (Å²) in [6.45, 7) is 0. The number of hydrogen-bond donors (Lipinski definition) is 2. The molecule has 0 aliphatic rings. The van der Waals surface area contributed by atoms with E-state index in [9.17, 15) is 0 Å². The average molecular weight is 91.2 g/mol. The molecule has 0 fully saturated rings. The maximum absolute atomic E-state index is 7.94. The molecule has 0 saturated carbocycles. The standard InChI is InChI=1S/C2H7O2Si/c3-1-5-2-4/h3-5H,1-2H2. The van der Waals surface area contributed by atoms with Crippen LogP contribution in [-0.4, -0.2) is 32.2 Å². The highest BCUT2D eigenvalue weighted by molar-refractivity contribution is 6.34. The molecule has 0 aromatic rings. The molecule has 0 aliphatic heterocycles. The van der Waals surface area contributed by atoms with E-state index < -0.39 is 0 Å². The summed E-state index contributed by atoms with van der Waals surface area (Å²) in [6, 6.07) is 0. The molecule has 0 heterocycles. The predicted molar refractivity (Wildman–Crippen MR) is 21.3 cm³/mol. The van der Waals surface area contributed by atoms with Gasteiger partial charge in [-0.1, -0.05) is 0 Å². The third kappa shape index (κ3) is 4.14. The van der Waals surface area contributed by atoms with Gasteiger partial charge in [-0.2, -0.15) is 0 Å². The summed E-state index contributed by atoms with van der Waals surface area (Å²) in [5, 5.41) is 15.9. The van der Waals surface area contributed by atoms with Gasteiger partial charge in [0.25, 0.3) is 0 Å². The van der Waals surface area contributed by atoms with Crippen molar-refractivity contribution in [3.63, 3.8) is 0 Å². The van der Waals surface area contributed by atoms with Crippen LogP contribution in [0.25, 0.3) is 0 Å². The van der Waals surface area contributed by atoms with Crippen LogP contribution in [0.4, 0.5) is 0 Å². The van der Waals surface area contributed by atoms with Crippen molar-refractivity contribution < 1.29 is 10.2 Å². The second kappa shape index (κ2) is 4.14. The van der Waals surface area contributed by atoms with Crippen LogP contribution in [0.5, 0.6) is 0 Å². The van der Waals surface area contributed by atoms with Crippen LogP contribution in [0.3, 0.4) is 0 Å². The molecule has 0 rings (SSSR count). The van der Waals surface area contributed by atoms with Crippen LogP contribution in [-0.2, 0) is 0 Å². The molecule has 0 aromatic heterocycles. The highest BCUT2D eigenvalue weighted by Crippen LogP contribution is 1.46. The molecule has 1 radical (unpaired) electrons. The van der Waals surface area contributed by atoms with E-state index in [4.69, 9.17) is 10.2 Å². The van der Waals surface area contributed by atoms with Crippen LogP contribution in [0, 0.1) is 0 Å². The van der Waals surface area contributed by atoms with Gasteiger partial charge in [0.2, 0.25) is 0 Å². The SMILES string of the molecule is OC[SiH]CO. The molecule has 0 atom stereocenters. The Morgan fingerprint density at radius 1 is 1.20 bits per heavy atom. The minimum Gasteiger partial charge on any atom is -0.400 e. The lowest BCUT2D eigenvalue weighted by Gasteiger charge is -1.77. The molecular formula is C2H7O2Si. The van der Waals surface area contributed by atoms with Gasteiger partial charge in [-0.15, -0.1) is 0 Å². The maximum atomic E-state index is 7.94. The van der Waals surface area contributed by atoms with Gasteiger partial charge < -0.3 is 10.2 Å². The topological polar surface area (TPSA) is 40.5 Å². The quantitative estimate of drug-likeness (QED) is 0.399. The third-order valence-electron chi connectivity index (χ3n) is 0.258. The first kappa shape index (κ1) is 5.14. The van der Waals surface area contributed by atoms with Crippen molar-refractivity contribution in [2.75, 3.05) is 12.5 Å². The van der Waals surface area contributed by atoms with E-state index in [-0.39, 0.29) is 22.0 Å². The van der Waals surface area contributed by atoms with Gasteiger partial charge in [-0.3, -0.25) is 0 Å². The monoisotopic (exact) mass is 91.0 g/mol. The lowest BCUT2D eigenvalue weighted by Crippen LogP contribution is -2.01. The summed E-state index contributed by atoms with van der Waals surface area (Å²) in [4.78, 5) is 0. The second-order valence-electron chi connectivity index (χ2n) is 0.654. The largest absolute Gasteiger partial charge is 0.400 e. The predicted octanol–water partition coefficient (Wildman–Crippen LogP) is -1.68. The van der Waals surface area contributed by atoms with E-state index in [1.807, 2.05) is 0 Å². The highest BCUT2D eigenvalue weighted by atomic mass is 28.2. The summed E-state index contributed by atoms with van der Waals surface area (Å²) in [7, 11) is -0.0741. The van der Waals surface area contributed by atoms with Crippen LogP contribution in [0.2, 0.25) is 0 Å². The molecule has 0 bridgehead atoms. The van der Waals surface area contributed by atoms with E-state index in [0.29, 0.717) is 0 Å². The van der Waals surface area contributed by atoms with Crippen LogP contribution in [0.1, 0.15) is 0 Å². The van der Waals surface area contributed by atoms with Crippen molar-refractivity contribution >= 4 is 9.52 Å². The number of aliphatic hydroxyl groups is 2. The van der Waals surface area contributed by atoms with E-state index >= 15 is 0 Å². The summed E-state index contributed by atoms with van der Waals surface area (Å²) in [5.74, 6) is 0. The molecule has 2 nitrogen and oxygen atoms in total. The van der Waals surface area contributed by atoms with Gasteiger partial charge in [-0.05, 0) is 0 Å². The normalized spacial score (nSPS) is 8.40. The molecule has 0 amide bonds. The van der Waals surface area contributed by atoms with Crippen LogP contribution in [0.15, 0.2) is 0 Å². The van der Waals surface area contributed by atoms with Crippen molar-refractivity contribution in [2.24, 2.45) is 0 Å². The van der Waals surface area contributed by atoms with Crippen molar-refractivity contribution in [2.45, 2.75) is 0 Å². The smallest absolute Gasteiger partial charge is 0.0933 e. The van der Waals surface area contributed by atoms with Crippen LogP contribution < -0.4 is 0 Å². The first-order valence-electron chi connectivity index (χ1n) is 1.45. The Morgan fingerprint density at radius 3 is 1.60 bits per heavy atom. The molecule has 0 spiro atoms. The lowest BCUT2D eigenvalue weighted by atomic mass is 11.7. The zero-order chi connectivity index (χ0) is 4.12. The van der Waals surface area contributed by atoms with Gasteiger partial charge in [-0.25, -0.2) is 0 Å². The zero-order valence-corrected chi connectivity index (χ0v) is 4.04. The van der Waals surface area contributed by atoms with Crippen molar-refractivity contribution in [3.05, 3.63) is 0 Å². The first-order valence-corrected chi connectivity index (χ1v) is 3.08. The summed E-state index contributed by atoms with van der Waals surface area (Å²) in [5.41, 5.74) is 0. The fourth-order valence-electron chi connectivity index (χ4n) is 0.0577. The van der Waals surface area contributed by atoms with Gasteiger partial charge in [0.1, 0.15) is 0 Å². The molecule has 0 unspecified atom stereocenters. The minimum absolute atomic E-state index is 0.0741. The second-order valence-corrected chi connectivity index (χ2v) is 1.96.